The Labute approximate surface area is 163 Å². The summed E-state index contributed by atoms with van der Waals surface area (Å²) in [4.78, 5) is 23.9. The highest BCUT2D eigenvalue weighted by Crippen LogP contribution is 2.41. The van der Waals surface area contributed by atoms with E-state index < -0.39 is 0 Å². The number of carbonyl (C=O) groups is 2. The van der Waals surface area contributed by atoms with Gasteiger partial charge < -0.3 is 14.8 Å². The van der Waals surface area contributed by atoms with Gasteiger partial charge in [-0.1, -0.05) is 24.3 Å². The maximum atomic E-state index is 12.2. The number of fused-ring (bicyclic) bond motifs is 1. The van der Waals surface area contributed by atoms with E-state index in [1.807, 2.05) is 37.4 Å². The third-order valence-electron chi connectivity index (χ3n) is 4.47. The van der Waals surface area contributed by atoms with Gasteiger partial charge >= 0.3 is 5.97 Å². The fraction of sp³-hybridized carbons (Fsp3) is 0.333. The Morgan fingerprint density at radius 3 is 2.78 bits per heavy atom. The Hall–Kier alpha value is -2.47. The van der Waals surface area contributed by atoms with Crippen LogP contribution >= 0.6 is 11.8 Å². The molecule has 0 radical (unpaired) electrons. The lowest BCUT2D eigenvalue weighted by Gasteiger charge is -2.15. The molecule has 0 spiro atoms. The second-order valence-corrected chi connectivity index (χ2v) is 7.38. The molecule has 1 aliphatic rings. The van der Waals surface area contributed by atoms with Gasteiger partial charge in [0.05, 0.1) is 25.0 Å². The molecular formula is C21H23NO4S. The number of rotatable bonds is 6. The Kier molecular flexibility index (Phi) is 6.06. The van der Waals surface area contributed by atoms with Gasteiger partial charge in [-0.05, 0) is 42.0 Å². The van der Waals surface area contributed by atoms with Crippen molar-refractivity contribution in [3.05, 3.63) is 53.1 Å². The lowest BCUT2D eigenvalue weighted by Crippen LogP contribution is -2.35. The molecule has 1 atom stereocenters. The van der Waals surface area contributed by atoms with Crippen molar-refractivity contribution in [2.75, 3.05) is 25.7 Å². The number of methoxy groups -OCH3 is 1. The molecule has 0 fully saturated rings. The summed E-state index contributed by atoms with van der Waals surface area (Å²) in [6.07, 6.45) is 2.51. The van der Waals surface area contributed by atoms with Crippen molar-refractivity contribution in [2.45, 2.75) is 19.4 Å². The SMILES string of the molecule is COC(=O)c1ccccc1-c1cc(C)cc2c1O[C@H](CNC(=O)CSC)C2. The molecule has 1 N–H and O–H groups in total. The van der Waals surface area contributed by atoms with E-state index in [-0.39, 0.29) is 18.0 Å². The summed E-state index contributed by atoms with van der Waals surface area (Å²) in [5.41, 5.74) is 4.36. The smallest absolute Gasteiger partial charge is 0.338 e. The van der Waals surface area contributed by atoms with Crippen LogP contribution in [0.2, 0.25) is 0 Å². The number of hydrogen-bond acceptors (Lipinski definition) is 5. The predicted molar refractivity (Wildman–Crippen MR) is 107 cm³/mol. The van der Waals surface area contributed by atoms with E-state index in [0.717, 1.165) is 34.4 Å². The van der Waals surface area contributed by atoms with Crippen LogP contribution in [0, 0.1) is 6.92 Å². The highest BCUT2D eigenvalue weighted by molar-refractivity contribution is 7.99. The first-order valence-corrected chi connectivity index (χ1v) is 10.2. The van der Waals surface area contributed by atoms with Crippen molar-refractivity contribution in [2.24, 2.45) is 0 Å². The largest absolute Gasteiger partial charge is 0.487 e. The number of benzene rings is 2. The molecule has 5 nitrogen and oxygen atoms in total. The van der Waals surface area contributed by atoms with E-state index in [1.54, 1.807) is 6.07 Å². The van der Waals surface area contributed by atoms with E-state index in [4.69, 9.17) is 9.47 Å². The Bertz CT molecular complexity index is 865. The summed E-state index contributed by atoms with van der Waals surface area (Å²) in [5.74, 6) is 0.853. The number of hydrogen-bond donors (Lipinski definition) is 1. The molecule has 0 saturated heterocycles. The first-order valence-electron chi connectivity index (χ1n) is 8.77. The van der Waals surface area contributed by atoms with Crippen molar-refractivity contribution in [1.29, 1.82) is 0 Å². The van der Waals surface area contributed by atoms with E-state index >= 15 is 0 Å². The topological polar surface area (TPSA) is 64.6 Å². The van der Waals surface area contributed by atoms with E-state index in [9.17, 15) is 9.59 Å². The second kappa shape index (κ2) is 8.48. The quantitative estimate of drug-likeness (QED) is 0.774. The van der Waals surface area contributed by atoms with Gasteiger partial charge in [-0.2, -0.15) is 11.8 Å². The van der Waals surface area contributed by atoms with Gasteiger partial charge in [-0.25, -0.2) is 4.79 Å². The predicted octanol–water partition coefficient (Wildman–Crippen LogP) is 3.23. The minimum Gasteiger partial charge on any atom is -0.487 e. The summed E-state index contributed by atoms with van der Waals surface area (Å²) in [5, 5.41) is 2.91. The lowest BCUT2D eigenvalue weighted by atomic mass is 9.94. The molecule has 142 valence electrons. The number of carbonyl (C=O) groups excluding carboxylic acids is 2. The first-order chi connectivity index (χ1) is 13.0. The second-order valence-electron chi connectivity index (χ2n) is 6.52. The van der Waals surface area contributed by atoms with Crippen molar-refractivity contribution in [3.63, 3.8) is 0 Å². The van der Waals surface area contributed by atoms with E-state index in [2.05, 4.69) is 11.4 Å². The van der Waals surface area contributed by atoms with Gasteiger partial charge in [0.15, 0.2) is 0 Å². The summed E-state index contributed by atoms with van der Waals surface area (Å²) < 4.78 is 11.1. The molecule has 1 amide bonds. The number of thioether (sulfide) groups is 1. The third kappa shape index (κ3) is 4.27. The van der Waals surface area contributed by atoms with Gasteiger partial charge in [-0.15, -0.1) is 0 Å². The lowest BCUT2D eigenvalue weighted by molar-refractivity contribution is -0.118. The molecule has 3 rings (SSSR count). The third-order valence-corrected chi connectivity index (χ3v) is 5.02. The molecule has 1 aliphatic heterocycles. The van der Waals surface area contributed by atoms with Crippen LogP contribution < -0.4 is 10.1 Å². The average molecular weight is 385 g/mol. The number of aryl methyl sites for hydroxylation is 1. The number of ether oxygens (including phenoxy) is 2. The normalized spacial score (nSPS) is 15.0. The molecule has 6 heteroatoms. The minimum absolute atomic E-state index is 0.00879. The van der Waals surface area contributed by atoms with E-state index in [0.29, 0.717) is 17.9 Å². The Balaban J connectivity index is 1.90. The summed E-state index contributed by atoms with van der Waals surface area (Å²) in [6.45, 7) is 2.49. The molecule has 0 aromatic heterocycles. The first kappa shape index (κ1) is 19.3. The number of esters is 1. The molecule has 1 heterocycles. The monoisotopic (exact) mass is 385 g/mol. The van der Waals surface area contributed by atoms with Gasteiger partial charge in [0.25, 0.3) is 0 Å². The van der Waals surface area contributed by atoms with Gasteiger partial charge in [0, 0.05) is 12.0 Å². The van der Waals surface area contributed by atoms with E-state index in [1.165, 1.54) is 18.9 Å². The zero-order valence-electron chi connectivity index (χ0n) is 15.7. The minimum atomic E-state index is -0.375. The van der Waals surface area contributed by atoms with Crippen molar-refractivity contribution >= 4 is 23.6 Å². The van der Waals surface area contributed by atoms with Crippen LogP contribution in [0.5, 0.6) is 5.75 Å². The van der Waals surface area contributed by atoms with Crippen molar-refractivity contribution in [3.8, 4) is 16.9 Å². The van der Waals surface area contributed by atoms with Gasteiger partial charge in [0.1, 0.15) is 11.9 Å². The van der Waals surface area contributed by atoms with Gasteiger partial charge in [0.2, 0.25) is 5.91 Å². The fourth-order valence-electron chi connectivity index (χ4n) is 3.32. The van der Waals surface area contributed by atoms with Crippen molar-refractivity contribution < 1.29 is 19.1 Å². The van der Waals surface area contributed by atoms with Crippen LogP contribution in [0.3, 0.4) is 0 Å². The van der Waals surface area contributed by atoms with Crippen LogP contribution in [0.1, 0.15) is 21.5 Å². The molecule has 2 aromatic carbocycles. The van der Waals surface area contributed by atoms with Crippen LogP contribution in [0.25, 0.3) is 11.1 Å². The molecule has 0 saturated carbocycles. The maximum Gasteiger partial charge on any atom is 0.338 e. The highest BCUT2D eigenvalue weighted by Gasteiger charge is 2.28. The van der Waals surface area contributed by atoms with Crippen LogP contribution in [0.15, 0.2) is 36.4 Å². The average Bonchev–Trinajstić information content (AvgIpc) is 3.08. The molecule has 0 bridgehead atoms. The number of nitrogens with one attached hydrogen (secondary N) is 1. The van der Waals surface area contributed by atoms with Crippen molar-refractivity contribution in [1.82, 2.24) is 5.32 Å². The van der Waals surface area contributed by atoms with Crippen LogP contribution in [-0.2, 0) is 16.0 Å². The van der Waals surface area contributed by atoms with Crippen LogP contribution in [0.4, 0.5) is 0 Å². The zero-order chi connectivity index (χ0) is 19.4. The van der Waals surface area contributed by atoms with Gasteiger partial charge in [-0.3, -0.25) is 4.79 Å². The Morgan fingerprint density at radius 2 is 2.04 bits per heavy atom. The maximum absolute atomic E-state index is 12.2. The standard InChI is InChI=1S/C21H23NO4S/c1-13-8-14-10-15(11-22-19(23)12-27-3)26-20(14)18(9-13)16-6-4-5-7-17(16)21(24)25-2/h4-9,15H,10-12H2,1-3H3,(H,22,23)/t15-/m0/s1. The zero-order valence-corrected chi connectivity index (χ0v) is 16.5. The Morgan fingerprint density at radius 1 is 1.26 bits per heavy atom. The summed E-state index contributed by atoms with van der Waals surface area (Å²) in [7, 11) is 1.38. The van der Waals surface area contributed by atoms with Crippen LogP contribution in [-0.4, -0.2) is 43.6 Å². The number of amides is 1. The fourth-order valence-corrected chi connectivity index (χ4v) is 3.69. The molecule has 27 heavy (non-hydrogen) atoms. The summed E-state index contributed by atoms with van der Waals surface area (Å²) >= 11 is 1.49. The summed E-state index contributed by atoms with van der Waals surface area (Å²) in [6, 6.07) is 11.5. The molecular weight excluding hydrogens is 362 g/mol. The molecule has 2 aromatic rings. The molecule has 0 aliphatic carbocycles. The highest BCUT2D eigenvalue weighted by atomic mass is 32.2. The molecule has 0 unspecified atom stereocenters.